The Morgan fingerprint density at radius 1 is 1.80 bits per heavy atom. The number of nitrogens with zero attached hydrogens (tertiary/aromatic N) is 2. The molecule has 15 heavy (non-hydrogen) atoms. The van der Waals surface area contributed by atoms with E-state index in [1.165, 1.54) is 0 Å². The Balaban J connectivity index is 2.08. The first-order valence-electron chi connectivity index (χ1n) is 5.02. The number of ether oxygens (including phenoxy) is 1. The van der Waals surface area contributed by atoms with E-state index >= 15 is 0 Å². The summed E-state index contributed by atoms with van der Waals surface area (Å²) in [6.07, 6.45) is 2.62. The molecule has 5 nitrogen and oxygen atoms in total. The summed E-state index contributed by atoms with van der Waals surface area (Å²) in [6, 6.07) is 0. The van der Waals surface area contributed by atoms with Crippen molar-refractivity contribution in [3.05, 3.63) is 17.5 Å². The fourth-order valence-corrected chi connectivity index (χ4v) is 1.81. The van der Waals surface area contributed by atoms with Crippen LogP contribution in [0.5, 0.6) is 0 Å². The first-order valence-corrected chi connectivity index (χ1v) is 5.02. The van der Waals surface area contributed by atoms with Gasteiger partial charge >= 0.3 is 5.97 Å². The summed E-state index contributed by atoms with van der Waals surface area (Å²) in [7, 11) is 0. The maximum Gasteiger partial charge on any atom is 0.339 e. The molecule has 0 radical (unpaired) electrons. The summed E-state index contributed by atoms with van der Waals surface area (Å²) >= 11 is 0. The van der Waals surface area contributed by atoms with Crippen molar-refractivity contribution in [3.63, 3.8) is 0 Å². The SMILES string of the molecule is Cc1nn(CC2CCOC2)cc1C(=O)O. The van der Waals surface area contributed by atoms with Gasteiger partial charge in [-0.15, -0.1) is 0 Å². The summed E-state index contributed by atoms with van der Waals surface area (Å²) in [4.78, 5) is 10.8. The summed E-state index contributed by atoms with van der Waals surface area (Å²) in [5.41, 5.74) is 0.857. The Morgan fingerprint density at radius 2 is 2.60 bits per heavy atom. The Bertz CT molecular complexity index is 367. The molecule has 0 amide bonds. The van der Waals surface area contributed by atoms with Gasteiger partial charge in [0.15, 0.2) is 0 Å². The van der Waals surface area contributed by atoms with E-state index in [1.54, 1.807) is 17.8 Å². The van der Waals surface area contributed by atoms with Crippen LogP contribution < -0.4 is 0 Å². The number of aryl methyl sites for hydroxylation is 1. The van der Waals surface area contributed by atoms with Crippen molar-refractivity contribution in [3.8, 4) is 0 Å². The smallest absolute Gasteiger partial charge is 0.339 e. The Morgan fingerprint density at radius 3 is 3.13 bits per heavy atom. The molecule has 1 fully saturated rings. The van der Waals surface area contributed by atoms with Crippen molar-refractivity contribution in [1.29, 1.82) is 0 Å². The topological polar surface area (TPSA) is 64.4 Å². The third kappa shape index (κ3) is 2.18. The van der Waals surface area contributed by atoms with E-state index in [0.717, 1.165) is 26.2 Å². The molecule has 1 aromatic heterocycles. The number of carbonyl (C=O) groups is 1. The Kier molecular flexibility index (Phi) is 2.73. The van der Waals surface area contributed by atoms with Gasteiger partial charge < -0.3 is 9.84 Å². The fraction of sp³-hybridized carbons (Fsp3) is 0.600. The highest BCUT2D eigenvalue weighted by molar-refractivity contribution is 5.88. The molecule has 0 bridgehead atoms. The molecule has 82 valence electrons. The predicted octanol–water partition coefficient (Wildman–Crippen LogP) is 0.926. The van der Waals surface area contributed by atoms with Gasteiger partial charge in [-0.05, 0) is 13.3 Å². The maximum atomic E-state index is 10.8. The molecule has 1 aliphatic rings. The minimum absolute atomic E-state index is 0.286. The van der Waals surface area contributed by atoms with Crippen LogP contribution in [-0.2, 0) is 11.3 Å². The van der Waals surface area contributed by atoms with Crippen LogP contribution in [0.4, 0.5) is 0 Å². The van der Waals surface area contributed by atoms with Gasteiger partial charge in [0.25, 0.3) is 0 Å². The average Bonchev–Trinajstić information content (AvgIpc) is 2.75. The molecule has 0 spiro atoms. The van der Waals surface area contributed by atoms with Crippen LogP contribution in [-0.4, -0.2) is 34.1 Å². The largest absolute Gasteiger partial charge is 0.478 e. The monoisotopic (exact) mass is 210 g/mol. The molecule has 0 aromatic carbocycles. The lowest BCUT2D eigenvalue weighted by atomic mass is 10.1. The van der Waals surface area contributed by atoms with Crippen LogP contribution in [0.15, 0.2) is 6.20 Å². The minimum atomic E-state index is -0.915. The standard InChI is InChI=1S/C10H14N2O3/c1-7-9(10(13)14)5-12(11-7)4-8-2-3-15-6-8/h5,8H,2-4,6H2,1H3,(H,13,14). The molecule has 1 saturated heterocycles. The second-order valence-corrected chi connectivity index (χ2v) is 3.88. The molecular formula is C10H14N2O3. The van der Waals surface area contributed by atoms with Crippen LogP contribution in [0.25, 0.3) is 0 Å². The third-order valence-corrected chi connectivity index (χ3v) is 2.65. The van der Waals surface area contributed by atoms with E-state index in [9.17, 15) is 4.79 Å². The number of hydrogen-bond acceptors (Lipinski definition) is 3. The van der Waals surface area contributed by atoms with Gasteiger partial charge in [0.1, 0.15) is 5.56 Å². The summed E-state index contributed by atoms with van der Waals surface area (Å²) in [6.45, 7) is 4.01. The first-order chi connectivity index (χ1) is 7.16. The highest BCUT2D eigenvalue weighted by atomic mass is 16.5. The van der Waals surface area contributed by atoms with E-state index in [0.29, 0.717) is 11.6 Å². The molecular weight excluding hydrogens is 196 g/mol. The van der Waals surface area contributed by atoms with Gasteiger partial charge in [0.05, 0.1) is 12.3 Å². The number of carboxylic acid groups (broad SMARTS) is 1. The van der Waals surface area contributed by atoms with E-state index in [4.69, 9.17) is 9.84 Å². The second-order valence-electron chi connectivity index (χ2n) is 3.88. The molecule has 1 unspecified atom stereocenters. The van der Waals surface area contributed by atoms with Crippen LogP contribution in [0.2, 0.25) is 0 Å². The summed E-state index contributed by atoms with van der Waals surface area (Å²) in [5.74, 6) is -0.452. The van der Waals surface area contributed by atoms with E-state index in [1.807, 2.05) is 0 Å². The van der Waals surface area contributed by atoms with Crippen molar-refractivity contribution in [2.75, 3.05) is 13.2 Å². The molecule has 1 aromatic rings. The molecule has 5 heteroatoms. The van der Waals surface area contributed by atoms with Crippen LogP contribution in [0.3, 0.4) is 0 Å². The molecule has 0 aliphatic carbocycles. The van der Waals surface area contributed by atoms with Crippen molar-refractivity contribution in [2.45, 2.75) is 19.9 Å². The van der Waals surface area contributed by atoms with Crippen molar-refractivity contribution in [1.82, 2.24) is 9.78 Å². The third-order valence-electron chi connectivity index (χ3n) is 2.65. The lowest BCUT2D eigenvalue weighted by Gasteiger charge is -2.06. The number of carboxylic acids is 1. The fourth-order valence-electron chi connectivity index (χ4n) is 1.81. The lowest BCUT2D eigenvalue weighted by molar-refractivity contribution is 0.0696. The zero-order valence-electron chi connectivity index (χ0n) is 8.64. The van der Waals surface area contributed by atoms with Crippen LogP contribution >= 0.6 is 0 Å². The number of hydrogen-bond donors (Lipinski definition) is 1. The summed E-state index contributed by atoms with van der Waals surface area (Å²) in [5, 5.41) is 13.0. The highest BCUT2D eigenvalue weighted by Gasteiger charge is 2.18. The second kappa shape index (κ2) is 4.02. The molecule has 1 aliphatic heterocycles. The van der Waals surface area contributed by atoms with Gasteiger partial charge in [-0.2, -0.15) is 5.10 Å². The van der Waals surface area contributed by atoms with Gasteiger partial charge in [0.2, 0.25) is 0 Å². The van der Waals surface area contributed by atoms with Crippen molar-refractivity contribution < 1.29 is 14.6 Å². The van der Waals surface area contributed by atoms with Gasteiger partial charge in [0, 0.05) is 25.3 Å². The van der Waals surface area contributed by atoms with Crippen molar-refractivity contribution in [2.24, 2.45) is 5.92 Å². The molecule has 1 N–H and O–H groups in total. The normalized spacial score (nSPS) is 20.7. The highest BCUT2D eigenvalue weighted by Crippen LogP contribution is 2.15. The number of aromatic carboxylic acids is 1. The van der Waals surface area contributed by atoms with E-state index in [-0.39, 0.29) is 5.56 Å². The Hall–Kier alpha value is -1.36. The van der Waals surface area contributed by atoms with Gasteiger partial charge in [-0.1, -0.05) is 0 Å². The van der Waals surface area contributed by atoms with Crippen LogP contribution in [0.1, 0.15) is 22.5 Å². The zero-order chi connectivity index (χ0) is 10.8. The number of rotatable bonds is 3. The number of aromatic nitrogens is 2. The zero-order valence-corrected chi connectivity index (χ0v) is 8.64. The molecule has 1 atom stereocenters. The Labute approximate surface area is 87.7 Å². The predicted molar refractivity (Wildman–Crippen MR) is 52.8 cm³/mol. The first kappa shape index (κ1) is 10.2. The summed E-state index contributed by atoms with van der Waals surface area (Å²) < 4.78 is 6.96. The van der Waals surface area contributed by atoms with Gasteiger partial charge in [-0.3, -0.25) is 4.68 Å². The quantitative estimate of drug-likeness (QED) is 0.805. The van der Waals surface area contributed by atoms with Gasteiger partial charge in [-0.25, -0.2) is 4.79 Å². The van der Waals surface area contributed by atoms with E-state index in [2.05, 4.69) is 5.10 Å². The average molecular weight is 210 g/mol. The van der Waals surface area contributed by atoms with E-state index < -0.39 is 5.97 Å². The molecule has 2 heterocycles. The molecule has 2 rings (SSSR count). The molecule has 0 saturated carbocycles. The minimum Gasteiger partial charge on any atom is -0.478 e. The van der Waals surface area contributed by atoms with Crippen LogP contribution in [0, 0.1) is 12.8 Å². The van der Waals surface area contributed by atoms with Crippen molar-refractivity contribution >= 4 is 5.97 Å². The maximum absolute atomic E-state index is 10.8. The lowest BCUT2D eigenvalue weighted by Crippen LogP contribution is -2.11.